The van der Waals surface area contributed by atoms with Crippen LogP contribution in [0.5, 0.6) is 11.5 Å². The maximum Gasteiger partial charge on any atom is 0.161 e. The summed E-state index contributed by atoms with van der Waals surface area (Å²) in [4.78, 5) is 4.14. The minimum absolute atomic E-state index is 0.119. The number of nitrogens with zero attached hydrogens (tertiary/aromatic N) is 2. The smallest absolute Gasteiger partial charge is 0.161 e. The van der Waals surface area contributed by atoms with E-state index in [1.54, 1.807) is 0 Å². The van der Waals surface area contributed by atoms with Crippen molar-refractivity contribution in [2.24, 2.45) is 0 Å². The molecule has 1 atom stereocenters. The molecule has 0 saturated heterocycles. The number of rotatable bonds is 4. The number of ether oxygens (including phenoxy) is 2. The van der Waals surface area contributed by atoms with Crippen LogP contribution in [0.15, 0.2) is 24.5 Å². The highest BCUT2D eigenvalue weighted by molar-refractivity contribution is 5.43. The molecule has 0 bridgehead atoms. The molecule has 0 spiro atoms. The summed E-state index contributed by atoms with van der Waals surface area (Å²) in [6, 6.07) is 6.17. The van der Waals surface area contributed by atoms with Gasteiger partial charge in [0.05, 0.1) is 19.3 Å². The fraction of sp³-hybridized carbons (Fsp3) is 0.429. The van der Waals surface area contributed by atoms with Crippen molar-refractivity contribution in [2.75, 3.05) is 13.2 Å². The van der Waals surface area contributed by atoms with Crippen LogP contribution in [-0.2, 0) is 6.54 Å². The summed E-state index contributed by atoms with van der Waals surface area (Å²) in [6.45, 7) is 4.20. The quantitative estimate of drug-likeness (QED) is 0.889. The van der Waals surface area contributed by atoms with Crippen LogP contribution in [0.1, 0.15) is 30.8 Å². The number of hydrogen-bond acceptors (Lipinski definition) is 5. The van der Waals surface area contributed by atoms with Crippen LogP contribution in [0.4, 0.5) is 0 Å². The minimum Gasteiger partial charge on any atom is -0.490 e. The summed E-state index contributed by atoms with van der Waals surface area (Å²) in [6.07, 6.45) is 2.44. The van der Waals surface area contributed by atoms with Crippen molar-refractivity contribution in [3.63, 3.8) is 0 Å². The van der Waals surface area contributed by atoms with Gasteiger partial charge in [0.1, 0.15) is 12.2 Å². The maximum atomic E-state index is 5.69. The van der Waals surface area contributed by atoms with Crippen LogP contribution in [0.2, 0.25) is 0 Å². The Morgan fingerprint density at radius 1 is 1.30 bits per heavy atom. The first kappa shape index (κ1) is 12.9. The van der Waals surface area contributed by atoms with E-state index in [4.69, 9.17) is 9.47 Å². The van der Waals surface area contributed by atoms with E-state index in [-0.39, 0.29) is 6.04 Å². The maximum absolute atomic E-state index is 5.69. The van der Waals surface area contributed by atoms with Crippen molar-refractivity contribution in [2.45, 2.75) is 25.9 Å². The number of fused-ring (bicyclic) bond motifs is 1. The van der Waals surface area contributed by atoms with E-state index >= 15 is 0 Å². The summed E-state index contributed by atoms with van der Waals surface area (Å²) >= 11 is 0. The van der Waals surface area contributed by atoms with Gasteiger partial charge in [-0.25, -0.2) is 4.98 Å². The monoisotopic (exact) mass is 274 g/mol. The Labute approximate surface area is 117 Å². The highest BCUT2D eigenvalue weighted by atomic mass is 16.5. The molecule has 1 aliphatic heterocycles. The van der Waals surface area contributed by atoms with Crippen LogP contribution < -0.4 is 14.8 Å². The molecular weight excluding hydrogens is 256 g/mol. The van der Waals surface area contributed by atoms with Gasteiger partial charge in [0, 0.05) is 13.0 Å². The zero-order valence-corrected chi connectivity index (χ0v) is 11.4. The number of aromatic amines is 1. The molecular formula is C14H18N4O2. The van der Waals surface area contributed by atoms with Gasteiger partial charge in [-0.1, -0.05) is 6.07 Å². The van der Waals surface area contributed by atoms with Crippen LogP contribution in [0.25, 0.3) is 0 Å². The molecule has 1 unspecified atom stereocenters. The molecule has 0 fully saturated rings. The lowest BCUT2D eigenvalue weighted by molar-refractivity contribution is 0.297. The third-order valence-corrected chi connectivity index (χ3v) is 3.27. The summed E-state index contributed by atoms with van der Waals surface area (Å²) in [5.41, 5.74) is 1.15. The molecule has 3 rings (SSSR count). The predicted molar refractivity (Wildman–Crippen MR) is 73.7 cm³/mol. The molecule has 1 aliphatic rings. The number of aromatic nitrogens is 3. The van der Waals surface area contributed by atoms with Gasteiger partial charge in [0.2, 0.25) is 0 Å². The van der Waals surface area contributed by atoms with Crippen LogP contribution in [0, 0.1) is 0 Å². The third kappa shape index (κ3) is 2.91. The first-order valence-electron chi connectivity index (χ1n) is 6.80. The van der Waals surface area contributed by atoms with E-state index in [1.807, 2.05) is 25.1 Å². The Balaban J connectivity index is 1.64. The number of hydrogen-bond donors (Lipinski definition) is 2. The molecule has 6 nitrogen and oxygen atoms in total. The average molecular weight is 274 g/mol. The van der Waals surface area contributed by atoms with Crippen molar-refractivity contribution in [1.29, 1.82) is 0 Å². The first-order chi connectivity index (χ1) is 9.83. The van der Waals surface area contributed by atoms with Gasteiger partial charge in [-0.15, -0.1) is 0 Å². The Morgan fingerprint density at radius 2 is 2.15 bits per heavy atom. The third-order valence-electron chi connectivity index (χ3n) is 3.27. The van der Waals surface area contributed by atoms with Crippen molar-refractivity contribution in [3.05, 3.63) is 35.9 Å². The van der Waals surface area contributed by atoms with E-state index in [2.05, 4.69) is 20.5 Å². The molecule has 2 N–H and O–H groups in total. The molecule has 2 heterocycles. The highest BCUT2D eigenvalue weighted by Gasteiger charge is 2.12. The Kier molecular flexibility index (Phi) is 3.83. The van der Waals surface area contributed by atoms with Gasteiger partial charge in [0.15, 0.2) is 11.5 Å². The zero-order chi connectivity index (χ0) is 13.8. The molecule has 0 radical (unpaired) electrons. The summed E-state index contributed by atoms with van der Waals surface area (Å²) in [5.74, 6) is 2.49. The van der Waals surface area contributed by atoms with Crippen molar-refractivity contribution >= 4 is 0 Å². The minimum atomic E-state index is 0.119. The summed E-state index contributed by atoms with van der Waals surface area (Å²) in [7, 11) is 0. The molecule has 1 aromatic carbocycles. The van der Waals surface area contributed by atoms with Crippen molar-refractivity contribution < 1.29 is 9.47 Å². The van der Waals surface area contributed by atoms with Crippen LogP contribution in [0.3, 0.4) is 0 Å². The topological polar surface area (TPSA) is 72.1 Å². The lowest BCUT2D eigenvalue weighted by atomic mass is 10.2. The Hall–Kier alpha value is -2.08. The molecule has 106 valence electrons. The molecule has 2 aromatic rings. The van der Waals surface area contributed by atoms with E-state index in [9.17, 15) is 0 Å². The SMILES string of the molecule is CC(NCc1ccc2c(c1)OCCCO2)c1ncn[nH]1. The van der Waals surface area contributed by atoms with Crippen molar-refractivity contribution in [1.82, 2.24) is 20.5 Å². The van der Waals surface area contributed by atoms with Gasteiger partial charge in [-0.3, -0.25) is 5.10 Å². The number of benzene rings is 1. The highest BCUT2D eigenvalue weighted by Crippen LogP contribution is 2.30. The molecule has 1 aromatic heterocycles. The standard InChI is InChI=1S/C14H18N4O2/c1-10(14-16-9-17-18-14)15-8-11-3-4-12-13(7-11)20-6-2-5-19-12/h3-4,7,9-10,15H,2,5-6,8H2,1H3,(H,16,17,18). The number of nitrogens with one attached hydrogen (secondary N) is 2. The van der Waals surface area contributed by atoms with Gasteiger partial charge < -0.3 is 14.8 Å². The molecule has 0 saturated carbocycles. The number of H-pyrrole nitrogens is 1. The molecule has 0 aliphatic carbocycles. The predicted octanol–water partition coefficient (Wildman–Crippen LogP) is 1.82. The van der Waals surface area contributed by atoms with E-state index in [1.165, 1.54) is 6.33 Å². The molecule has 6 heteroatoms. The van der Waals surface area contributed by atoms with Gasteiger partial charge in [0.25, 0.3) is 0 Å². The molecule has 0 amide bonds. The Morgan fingerprint density at radius 3 is 2.95 bits per heavy atom. The lowest BCUT2D eigenvalue weighted by Crippen LogP contribution is -2.19. The summed E-state index contributed by atoms with van der Waals surface area (Å²) < 4.78 is 11.3. The van der Waals surface area contributed by atoms with E-state index in [0.717, 1.165) is 35.9 Å². The second kappa shape index (κ2) is 5.92. The summed E-state index contributed by atoms with van der Waals surface area (Å²) in [5, 5.41) is 10.1. The zero-order valence-electron chi connectivity index (χ0n) is 11.4. The van der Waals surface area contributed by atoms with E-state index in [0.29, 0.717) is 13.2 Å². The first-order valence-corrected chi connectivity index (χ1v) is 6.80. The van der Waals surface area contributed by atoms with Gasteiger partial charge in [-0.2, -0.15) is 5.10 Å². The second-order valence-electron chi connectivity index (χ2n) is 4.80. The Bertz CT molecular complexity index is 556. The second-order valence-corrected chi connectivity index (χ2v) is 4.80. The normalized spacial score (nSPS) is 15.7. The largest absolute Gasteiger partial charge is 0.490 e. The van der Waals surface area contributed by atoms with Crippen LogP contribution in [-0.4, -0.2) is 28.4 Å². The average Bonchev–Trinajstić information content (AvgIpc) is 2.90. The fourth-order valence-electron chi connectivity index (χ4n) is 2.11. The fourth-order valence-corrected chi connectivity index (χ4v) is 2.11. The van der Waals surface area contributed by atoms with Gasteiger partial charge in [-0.05, 0) is 24.6 Å². The lowest BCUT2D eigenvalue weighted by Gasteiger charge is -2.13. The van der Waals surface area contributed by atoms with Crippen LogP contribution >= 0.6 is 0 Å². The van der Waals surface area contributed by atoms with E-state index < -0.39 is 0 Å². The van der Waals surface area contributed by atoms with Crippen molar-refractivity contribution in [3.8, 4) is 11.5 Å². The van der Waals surface area contributed by atoms with Gasteiger partial charge >= 0.3 is 0 Å². The molecule has 20 heavy (non-hydrogen) atoms.